The summed E-state index contributed by atoms with van der Waals surface area (Å²) in [5, 5.41) is 9.80. The van der Waals surface area contributed by atoms with E-state index >= 15 is 0 Å². The van der Waals surface area contributed by atoms with Crippen molar-refractivity contribution >= 4 is 34.3 Å². The van der Waals surface area contributed by atoms with Crippen molar-refractivity contribution in [3.8, 4) is 11.5 Å². The first-order chi connectivity index (χ1) is 9.25. The molecule has 1 atom stereocenters. The van der Waals surface area contributed by atoms with Crippen LogP contribution in [0.4, 0.5) is 8.78 Å². The van der Waals surface area contributed by atoms with Crippen molar-refractivity contribution in [3.05, 3.63) is 22.2 Å². The molecular weight excluding hydrogens is 375 g/mol. The number of hydrogen-bond donors (Lipinski definition) is 2. The molecule has 0 aliphatic rings. The molecule has 120 valence electrons. The Hall–Kier alpha value is -1.12. The number of esters is 1. The van der Waals surface area contributed by atoms with E-state index in [1.165, 1.54) is 20.1 Å². The highest BCUT2D eigenvalue weighted by molar-refractivity contribution is 9.10. The van der Waals surface area contributed by atoms with Gasteiger partial charge >= 0.3 is 11.9 Å². The van der Waals surface area contributed by atoms with E-state index in [9.17, 15) is 18.7 Å². The van der Waals surface area contributed by atoms with Gasteiger partial charge in [-0.1, -0.05) is 0 Å². The number of carbonyl (C=O) groups excluding carboxylic acids is 1. The van der Waals surface area contributed by atoms with Gasteiger partial charge in [-0.05, 0) is 35.0 Å². The standard InChI is InChI=1S/C12H14BrF2NO4.ClH/c1-3-20-11(18)12(14,15)10(16)7-4-6(19-2)5-8(13)9(7)17;/h4-5,10,17H,3,16H2,1-2H3;1H/t10-;/m1./s1. The molecule has 5 nitrogen and oxygen atoms in total. The third kappa shape index (κ3) is 4.18. The number of methoxy groups -OCH3 is 1. The van der Waals surface area contributed by atoms with Gasteiger partial charge in [0.1, 0.15) is 17.5 Å². The lowest BCUT2D eigenvalue weighted by molar-refractivity contribution is -0.174. The molecule has 9 heteroatoms. The first-order valence-electron chi connectivity index (χ1n) is 5.62. The summed E-state index contributed by atoms with van der Waals surface area (Å²) in [5.41, 5.74) is 5.09. The minimum Gasteiger partial charge on any atom is -0.506 e. The number of ether oxygens (including phenoxy) is 2. The first-order valence-corrected chi connectivity index (χ1v) is 6.42. The summed E-state index contributed by atoms with van der Waals surface area (Å²) in [5.74, 6) is -5.99. The highest BCUT2D eigenvalue weighted by Crippen LogP contribution is 2.40. The molecule has 1 aromatic rings. The molecule has 0 spiro atoms. The van der Waals surface area contributed by atoms with Crippen LogP contribution >= 0.6 is 28.3 Å². The van der Waals surface area contributed by atoms with Crippen molar-refractivity contribution in [2.45, 2.75) is 18.9 Å². The zero-order valence-corrected chi connectivity index (χ0v) is 13.6. The van der Waals surface area contributed by atoms with Crippen LogP contribution in [0.15, 0.2) is 16.6 Å². The van der Waals surface area contributed by atoms with Gasteiger partial charge in [-0.2, -0.15) is 8.78 Å². The van der Waals surface area contributed by atoms with Gasteiger partial charge < -0.3 is 20.3 Å². The van der Waals surface area contributed by atoms with Crippen molar-refractivity contribution < 1.29 is 28.2 Å². The second-order valence-corrected chi connectivity index (χ2v) is 4.72. The van der Waals surface area contributed by atoms with Crippen molar-refractivity contribution in [2.24, 2.45) is 5.73 Å². The number of phenols is 1. The number of halogens is 4. The molecule has 0 aliphatic carbocycles. The molecule has 0 unspecified atom stereocenters. The van der Waals surface area contributed by atoms with Crippen molar-refractivity contribution in [2.75, 3.05) is 13.7 Å². The highest BCUT2D eigenvalue weighted by Gasteiger charge is 2.49. The molecular formula is C12H15BrClF2NO4. The summed E-state index contributed by atoms with van der Waals surface area (Å²) >= 11 is 2.99. The zero-order valence-electron chi connectivity index (χ0n) is 11.2. The van der Waals surface area contributed by atoms with Gasteiger partial charge in [-0.3, -0.25) is 0 Å². The third-order valence-electron chi connectivity index (χ3n) is 2.58. The van der Waals surface area contributed by atoms with Gasteiger partial charge in [-0.15, -0.1) is 12.4 Å². The van der Waals surface area contributed by atoms with Crippen LogP contribution in [0, 0.1) is 0 Å². The summed E-state index contributed by atoms with van der Waals surface area (Å²) in [6, 6.07) is 0.458. The number of aromatic hydroxyl groups is 1. The van der Waals surface area contributed by atoms with Crippen LogP contribution in [0.1, 0.15) is 18.5 Å². The Bertz CT molecular complexity index is 516. The molecule has 1 aromatic carbocycles. The number of carbonyl (C=O) groups is 1. The summed E-state index contributed by atoms with van der Waals surface area (Å²) in [6.45, 7) is 1.20. The maximum Gasteiger partial charge on any atom is 0.379 e. The number of alkyl halides is 2. The Balaban J connectivity index is 0.00000400. The second kappa shape index (κ2) is 7.77. The van der Waals surface area contributed by atoms with E-state index in [0.29, 0.717) is 0 Å². The van der Waals surface area contributed by atoms with E-state index < -0.39 is 23.7 Å². The molecule has 0 radical (unpaired) electrons. The second-order valence-electron chi connectivity index (χ2n) is 3.87. The monoisotopic (exact) mass is 389 g/mol. The maximum atomic E-state index is 13.9. The van der Waals surface area contributed by atoms with Crippen molar-refractivity contribution in [3.63, 3.8) is 0 Å². The molecule has 0 fully saturated rings. The Morgan fingerprint density at radius 2 is 2.10 bits per heavy atom. The number of rotatable bonds is 5. The summed E-state index contributed by atoms with van der Waals surface area (Å²) < 4.78 is 37.0. The average molecular weight is 391 g/mol. The minimum atomic E-state index is -3.97. The Kier molecular flexibility index (Phi) is 7.35. The van der Waals surface area contributed by atoms with Gasteiger partial charge in [0.2, 0.25) is 0 Å². The Morgan fingerprint density at radius 1 is 1.52 bits per heavy atom. The topological polar surface area (TPSA) is 81.8 Å². The van der Waals surface area contributed by atoms with Crippen LogP contribution in [0.2, 0.25) is 0 Å². The molecule has 3 N–H and O–H groups in total. The first kappa shape index (κ1) is 19.9. The molecule has 0 amide bonds. The van der Waals surface area contributed by atoms with E-state index in [1.807, 2.05) is 0 Å². The van der Waals surface area contributed by atoms with E-state index in [4.69, 9.17) is 10.5 Å². The number of phenolic OH excluding ortho intramolecular Hbond substituents is 1. The summed E-state index contributed by atoms with van der Waals surface area (Å²) in [7, 11) is 1.33. The van der Waals surface area contributed by atoms with E-state index in [1.54, 1.807) is 0 Å². The van der Waals surface area contributed by atoms with Crippen molar-refractivity contribution in [1.29, 1.82) is 0 Å². The van der Waals surface area contributed by atoms with Crippen LogP contribution in [0.25, 0.3) is 0 Å². The predicted octanol–water partition coefficient (Wildman–Crippen LogP) is 2.78. The fourth-order valence-electron chi connectivity index (χ4n) is 1.50. The quantitative estimate of drug-likeness (QED) is 0.756. The van der Waals surface area contributed by atoms with Gasteiger partial charge in [0, 0.05) is 5.56 Å². The van der Waals surface area contributed by atoms with E-state index in [-0.39, 0.29) is 34.8 Å². The predicted molar refractivity (Wildman–Crippen MR) is 78.1 cm³/mol. The third-order valence-corrected chi connectivity index (χ3v) is 3.18. The molecule has 0 heterocycles. The maximum absolute atomic E-state index is 13.9. The fraction of sp³-hybridized carbons (Fsp3) is 0.417. The average Bonchev–Trinajstić information content (AvgIpc) is 2.41. The van der Waals surface area contributed by atoms with Crippen molar-refractivity contribution in [1.82, 2.24) is 0 Å². The van der Waals surface area contributed by atoms with Crippen LogP contribution in [0.3, 0.4) is 0 Å². The minimum absolute atomic E-state index is 0. The SMILES string of the molecule is CCOC(=O)C(F)(F)[C@H](N)c1cc(OC)cc(Br)c1O.Cl. The van der Waals surface area contributed by atoms with Gasteiger partial charge in [0.05, 0.1) is 18.2 Å². The molecule has 0 aliphatic heterocycles. The summed E-state index contributed by atoms with van der Waals surface area (Å²) in [4.78, 5) is 11.3. The Labute approximate surface area is 134 Å². The number of benzene rings is 1. The lowest BCUT2D eigenvalue weighted by Crippen LogP contribution is -2.41. The Morgan fingerprint density at radius 3 is 2.57 bits per heavy atom. The smallest absolute Gasteiger partial charge is 0.379 e. The molecule has 0 bridgehead atoms. The van der Waals surface area contributed by atoms with Crippen LogP contribution in [0.5, 0.6) is 11.5 Å². The molecule has 0 aromatic heterocycles. The zero-order chi connectivity index (χ0) is 15.5. The molecule has 21 heavy (non-hydrogen) atoms. The van der Waals surface area contributed by atoms with Gasteiger partial charge in [-0.25, -0.2) is 4.79 Å². The fourth-order valence-corrected chi connectivity index (χ4v) is 1.95. The molecule has 1 rings (SSSR count). The lowest BCUT2D eigenvalue weighted by atomic mass is 10.00. The lowest BCUT2D eigenvalue weighted by Gasteiger charge is -2.23. The normalized spacial score (nSPS) is 12.3. The largest absolute Gasteiger partial charge is 0.506 e. The van der Waals surface area contributed by atoms with E-state index in [0.717, 1.165) is 6.07 Å². The highest BCUT2D eigenvalue weighted by atomic mass is 79.9. The van der Waals surface area contributed by atoms with E-state index in [2.05, 4.69) is 20.7 Å². The molecule has 0 saturated carbocycles. The van der Waals surface area contributed by atoms with Crippen LogP contribution < -0.4 is 10.5 Å². The van der Waals surface area contributed by atoms with Gasteiger partial charge in [0.15, 0.2) is 0 Å². The van der Waals surface area contributed by atoms with Crippen LogP contribution in [-0.2, 0) is 9.53 Å². The summed E-state index contributed by atoms with van der Waals surface area (Å²) in [6.07, 6.45) is 0. The van der Waals surface area contributed by atoms with Crippen LogP contribution in [-0.4, -0.2) is 30.7 Å². The number of hydrogen-bond acceptors (Lipinski definition) is 5. The molecule has 0 saturated heterocycles. The van der Waals surface area contributed by atoms with Gasteiger partial charge in [0.25, 0.3) is 0 Å². The number of nitrogens with two attached hydrogens (primary N) is 1.